The van der Waals surface area contributed by atoms with Crippen molar-refractivity contribution in [2.24, 2.45) is 0 Å². The van der Waals surface area contributed by atoms with Crippen LogP contribution in [-0.2, 0) is 20.7 Å². The van der Waals surface area contributed by atoms with Gasteiger partial charge >= 0.3 is 6.09 Å². The highest BCUT2D eigenvalue weighted by Gasteiger charge is 2.38. The number of hydrogen-bond donors (Lipinski definition) is 3. The van der Waals surface area contributed by atoms with Gasteiger partial charge in [-0.15, -0.1) is 6.42 Å². The SMILES string of the molecule is C#Cc1ccccc1C(C(=O)NCCCCC)N(C(=O)C(Cc1ccc(O)cc1)NC(=O)OC(C)(C)C)C(C)C. The van der Waals surface area contributed by atoms with Crippen LogP contribution in [0.1, 0.15) is 83.5 Å². The van der Waals surface area contributed by atoms with Crippen molar-refractivity contribution >= 4 is 17.9 Å². The molecule has 40 heavy (non-hydrogen) atoms. The van der Waals surface area contributed by atoms with Gasteiger partial charge in [-0.2, -0.15) is 0 Å². The largest absolute Gasteiger partial charge is 0.508 e. The van der Waals surface area contributed by atoms with Crippen molar-refractivity contribution in [3.63, 3.8) is 0 Å². The molecule has 0 aliphatic carbocycles. The maximum absolute atomic E-state index is 14.3. The Morgan fingerprint density at radius 1 is 1.05 bits per heavy atom. The average molecular weight is 550 g/mol. The van der Waals surface area contributed by atoms with Crippen LogP contribution in [0.25, 0.3) is 0 Å². The number of alkyl carbamates (subject to hydrolysis) is 1. The van der Waals surface area contributed by atoms with Gasteiger partial charge in [-0.3, -0.25) is 9.59 Å². The molecule has 2 rings (SSSR count). The summed E-state index contributed by atoms with van der Waals surface area (Å²) >= 11 is 0. The second-order valence-corrected chi connectivity index (χ2v) is 11.0. The first-order valence-electron chi connectivity index (χ1n) is 13.8. The molecular formula is C32H43N3O5. The van der Waals surface area contributed by atoms with Crippen molar-refractivity contribution in [3.8, 4) is 18.1 Å². The van der Waals surface area contributed by atoms with Crippen LogP contribution in [0.4, 0.5) is 4.79 Å². The van der Waals surface area contributed by atoms with E-state index in [1.165, 1.54) is 17.0 Å². The molecule has 0 fully saturated rings. The summed E-state index contributed by atoms with van der Waals surface area (Å²) in [6.45, 7) is 11.4. The first-order chi connectivity index (χ1) is 18.9. The van der Waals surface area contributed by atoms with Crippen LogP contribution < -0.4 is 10.6 Å². The Morgan fingerprint density at radius 3 is 2.27 bits per heavy atom. The second kappa shape index (κ2) is 15.0. The third-order valence-electron chi connectivity index (χ3n) is 6.19. The van der Waals surface area contributed by atoms with Crippen LogP contribution in [0.3, 0.4) is 0 Å². The summed E-state index contributed by atoms with van der Waals surface area (Å²) in [4.78, 5) is 42.4. The molecule has 3 N–H and O–H groups in total. The predicted molar refractivity (Wildman–Crippen MR) is 157 cm³/mol. The summed E-state index contributed by atoms with van der Waals surface area (Å²) in [5.74, 6) is 1.92. The van der Waals surface area contributed by atoms with Gasteiger partial charge in [-0.05, 0) is 70.4 Å². The average Bonchev–Trinajstić information content (AvgIpc) is 2.88. The van der Waals surface area contributed by atoms with E-state index in [-0.39, 0.29) is 18.1 Å². The number of rotatable bonds is 12. The normalized spacial score (nSPS) is 12.7. The van der Waals surface area contributed by atoms with E-state index < -0.39 is 35.7 Å². The summed E-state index contributed by atoms with van der Waals surface area (Å²) in [5.41, 5.74) is 0.965. The number of phenolic OH excluding ortho intramolecular Hbond substituents is 1. The van der Waals surface area contributed by atoms with E-state index in [4.69, 9.17) is 11.2 Å². The fourth-order valence-electron chi connectivity index (χ4n) is 4.34. The topological polar surface area (TPSA) is 108 Å². The molecule has 0 spiro atoms. The zero-order chi connectivity index (χ0) is 29.9. The molecule has 8 nitrogen and oxygen atoms in total. The highest BCUT2D eigenvalue weighted by Crippen LogP contribution is 2.28. The number of benzene rings is 2. The van der Waals surface area contributed by atoms with Gasteiger partial charge in [0.1, 0.15) is 23.4 Å². The molecule has 0 aliphatic heterocycles. The number of unbranched alkanes of at least 4 members (excludes halogenated alkanes) is 2. The quantitative estimate of drug-likeness (QED) is 0.252. The maximum atomic E-state index is 14.3. The number of carbonyl (C=O) groups excluding carboxylic acids is 3. The molecule has 0 aliphatic rings. The summed E-state index contributed by atoms with van der Waals surface area (Å²) < 4.78 is 5.45. The Labute approximate surface area is 238 Å². The molecule has 216 valence electrons. The number of carbonyl (C=O) groups is 3. The molecule has 2 unspecified atom stereocenters. The molecule has 3 amide bonds. The molecule has 0 aromatic heterocycles. The van der Waals surface area contributed by atoms with Crippen LogP contribution in [0.15, 0.2) is 48.5 Å². The zero-order valence-corrected chi connectivity index (χ0v) is 24.5. The second-order valence-electron chi connectivity index (χ2n) is 11.0. The molecule has 0 radical (unpaired) electrons. The van der Waals surface area contributed by atoms with E-state index >= 15 is 0 Å². The molecule has 0 saturated carbocycles. The van der Waals surface area contributed by atoms with Crippen LogP contribution in [0.2, 0.25) is 0 Å². The van der Waals surface area contributed by atoms with Gasteiger partial charge in [0, 0.05) is 24.6 Å². The monoisotopic (exact) mass is 549 g/mol. The maximum Gasteiger partial charge on any atom is 0.408 e. The highest BCUT2D eigenvalue weighted by molar-refractivity contribution is 5.93. The lowest BCUT2D eigenvalue weighted by molar-refractivity contribution is -0.144. The van der Waals surface area contributed by atoms with Crippen LogP contribution in [0, 0.1) is 12.3 Å². The smallest absolute Gasteiger partial charge is 0.408 e. The van der Waals surface area contributed by atoms with Crippen molar-refractivity contribution in [2.45, 2.75) is 91.0 Å². The Balaban J connectivity index is 2.55. The molecule has 8 heteroatoms. The Kier molecular flexibility index (Phi) is 12.1. The van der Waals surface area contributed by atoms with Crippen molar-refractivity contribution in [2.75, 3.05) is 6.54 Å². The summed E-state index contributed by atoms with van der Waals surface area (Å²) in [6, 6.07) is 10.9. The van der Waals surface area contributed by atoms with E-state index in [1.54, 1.807) is 57.2 Å². The zero-order valence-electron chi connectivity index (χ0n) is 24.5. The lowest BCUT2D eigenvalue weighted by atomic mass is 9.95. The van der Waals surface area contributed by atoms with Crippen molar-refractivity contribution in [3.05, 3.63) is 65.2 Å². The number of nitrogens with one attached hydrogen (secondary N) is 2. The molecule has 0 saturated heterocycles. The van der Waals surface area contributed by atoms with Gasteiger partial charge in [0.25, 0.3) is 0 Å². The van der Waals surface area contributed by atoms with E-state index in [0.717, 1.165) is 19.3 Å². The highest BCUT2D eigenvalue weighted by atomic mass is 16.6. The predicted octanol–water partition coefficient (Wildman–Crippen LogP) is 5.09. The molecule has 2 aromatic rings. The summed E-state index contributed by atoms with van der Waals surface area (Å²) in [6.07, 6.45) is 7.94. The van der Waals surface area contributed by atoms with Gasteiger partial charge in [0.15, 0.2) is 0 Å². The number of aromatic hydroxyl groups is 1. The van der Waals surface area contributed by atoms with E-state index in [9.17, 15) is 19.5 Å². The van der Waals surface area contributed by atoms with Gasteiger partial charge in [0.05, 0.1) is 0 Å². The van der Waals surface area contributed by atoms with Crippen molar-refractivity contribution in [1.29, 1.82) is 0 Å². The van der Waals surface area contributed by atoms with Gasteiger partial charge in [-0.25, -0.2) is 4.79 Å². The lowest BCUT2D eigenvalue weighted by Gasteiger charge is -2.37. The van der Waals surface area contributed by atoms with Crippen LogP contribution >= 0.6 is 0 Å². The van der Waals surface area contributed by atoms with Crippen molar-refractivity contribution in [1.82, 2.24) is 15.5 Å². The van der Waals surface area contributed by atoms with E-state index in [0.29, 0.717) is 23.2 Å². The third-order valence-corrected chi connectivity index (χ3v) is 6.19. The van der Waals surface area contributed by atoms with E-state index in [2.05, 4.69) is 23.5 Å². The number of phenols is 1. The summed E-state index contributed by atoms with van der Waals surface area (Å²) in [7, 11) is 0. The Bertz CT molecular complexity index is 1180. The van der Waals surface area contributed by atoms with Crippen LogP contribution in [0.5, 0.6) is 5.75 Å². The van der Waals surface area contributed by atoms with E-state index in [1.807, 2.05) is 13.8 Å². The number of nitrogens with zero attached hydrogens (tertiary/aromatic N) is 1. The molecule has 2 aromatic carbocycles. The minimum Gasteiger partial charge on any atom is -0.508 e. The standard InChI is InChI=1S/C32H43N3O5/c1-8-10-13-20-33-29(37)28(26-15-12-11-14-24(26)9-2)35(22(3)4)30(38)27(34-31(39)40-32(5,6)7)21-23-16-18-25(36)19-17-23/h2,11-12,14-19,22,27-28,36H,8,10,13,20-21H2,1,3-7H3,(H,33,37)(H,34,39). The molecular weight excluding hydrogens is 506 g/mol. The minimum atomic E-state index is -1.06. The molecule has 0 heterocycles. The lowest BCUT2D eigenvalue weighted by Crippen LogP contribution is -2.55. The first-order valence-corrected chi connectivity index (χ1v) is 13.8. The van der Waals surface area contributed by atoms with Gasteiger partial charge in [-0.1, -0.05) is 56.0 Å². The number of hydrogen-bond acceptors (Lipinski definition) is 5. The minimum absolute atomic E-state index is 0.0845. The van der Waals surface area contributed by atoms with Gasteiger partial charge in [0.2, 0.25) is 11.8 Å². The third kappa shape index (κ3) is 9.64. The van der Waals surface area contributed by atoms with Crippen molar-refractivity contribution < 1.29 is 24.2 Å². The fourth-order valence-corrected chi connectivity index (χ4v) is 4.34. The Hall–Kier alpha value is -3.99. The fraction of sp³-hybridized carbons (Fsp3) is 0.469. The molecule has 0 bridgehead atoms. The molecule has 2 atom stereocenters. The first kappa shape index (κ1) is 32.2. The van der Waals surface area contributed by atoms with Crippen LogP contribution in [-0.4, -0.2) is 52.1 Å². The number of ether oxygens (including phenoxy) is 1. The number of terminal acetylenes is 1. The number of amides is 3. The summed E-state index contributed by atoms with van der Waals surface area (Å²) in [5, 5.41) is 15.4. The van der Waals surface area contributed by atoms with Gasteiger partial charge < -0.3 is 25.4 Å². The Morgan fingerprint density at radius 2 is 1.70 bits per heavy atom.